The van der Waals surface area contributed by atoms with E-state index in [0.717, 1.165) is 5.69 Å². The number of nitrogens with zero attached hydrogens (tertiary/aromatic N) is 1. The third kappa shape index (κ3) is 5.83. The quantitative estimate of drug-likeness (QED) is 0.794. The third-order valence-corrected chi connectivity index (χ3v) is 1.77. The van der Waals surface area contributed by atoms with E-state index in [1.807, 2.05) is 0 Å². The average Bonchev–Trinajstić information content (AvgIpc) is 2.74. The zero-order valence-electron chi connectivity index (χ0n) is 10.7. The summed E-state index contributed by atoms with van der Waals surface area (Å²) in [4.78, 5) is 29.3. The normalized spacial score (nSPS) is 11.5. The Balaban J connectivity index is 2.31. The van der Waals surface area contributed by atoms with E-state index in [1.54, 1.807) is 33.0 Å². The fourth-order valence-electron chi connectivity index (χ4n) is 1.07. The minimum Gasteiger partial charge on any atom is -0.444 e. The number of carbonyl (C=O) groups is 2. The van der Waals surface area contributed by atoms with Crippen molar-refractivity contribution in [1.82, 2.24) is 15.3 Å². The summed E-state index contributed by atoms with van der Waals surface area (Å²) in [7, 11) is 0. The van der Waals surface area contributed by atoms with Gasteiger partial charge in [-0.1, -0.05) is 0 Å². The van der Waals surface area contributed by atoms with Gasteiger partial charge < -0.3 is 15.0 Å². The highest BCUT2D eigenvalue weighted by Gasteiger charge is 2.15. The number of imidazole rings is 1. The first-order valence-electron chi connectivity index (χ1n) is 5.53. The van der Waals surface area contributed by atoms with Crippen molar-refractivity contribution in [3.05, 3.63) is 24.3 Å². The molecule has 0 radical (unpaired) electrons. The molecule has 1 aromatic rings. The van der Waals surface area contributed by atoms with Crippen molar-refractivity contribution in [2.24, 2.45) is 0 Å². The second kappa shape index (κ2) is 6.00. The molecule has 0 aliphatic carbocycles. The van der Waals surface area contributed by atoms with Gasteiger partial charge in [0.25, 0.3) is 0 Å². The monoisotopic (exact) mass is 251 g/mol. The lowest BCUT2D eigenvalue weighted by Gasteiger charge is -2.19. The molecular formula is C12H17N3O3. The molecule has 1 heterocycles. The molecule has 0 aliphatic rings. The Bertz CT molecular complexity index is 430. The lowest BCUT2D eigenvalue weighted by atomic mass is 10.2. The van der Waals surface area contributed by atoms with Crippen LogP contribution in [0.2, 0.25) is 0 Å². The Hall–Kier alpha value is -2.11. The van der Waals surface area contributed by atoms with Gasteiger partial charge in [-0.05, 0) is 32.9 Å². The van der Waals surface area contributed by atoms with Crippen LogP contribution in [0.25, 0.3) is 6.08 Å². The number of hydrogen-bond acceptors (Lipinski definition) is 4. The second-order valence-corrected chi connectivity index (χ2v) is 4.66. The molecule has 1 rings (SSSR count). The van der Waals surface area contributed by atoms with E-state index in [9.17, 15) is 9.59 Å². The minimum atomic E-state index is -0.606. The number of alkyl carbamates (subject to hydrolysis) is 1. The van der Waals surface area contributed by atoms with E-state index in [4.69, 9.17) is 4.74 Å². The van der Waals surface area contributed by atoms with Crippen molar-refractivity contribution in [3.8, 4) is 0 Å². The molecule has 18 heavy (non-hydrogen) atoms. The molecule has 0 aromatic carbocycles. The van der Waals surface area contributed by atoms with Crippen LogP contribution in [-0.4, -0.2) is 34.0 Å². The van der Waals surface area contributed by atoms with Crippen molar-refractivity contribution in [1.29, 1.82) is 0 Å². The highest BCUT2D eigenvalue weighted by atomic mass is 16.6. The van der Waals surface area contributed by atoms with Gasteiger partial charge in [0.1, 0.15) is 5.60 Å². The molecule has 0 saturated carbocycles. The highest BCUT2D eigenvalue weighted by molar-refractivity contribution is 5.96. The van der Waals surface area contributed by atoms with E-state index < -0.39 is 11.7 Å². The van der Waals surface area contributed by atoms with Crippen LogP contribution in [0, 0.1) is 0 Å². The summed E-state index contributed by atoms with van der Waals surface area (Å²) in [5, 5.41) is 2.38. The van der Waals surface area contributed by atoms with Crippen molar-refractivity contribution in [3.63, 3.8) is 0 Å². The molecule has 0 saturated heterocycles. The van der Waals surface area contributed by atoms with E-state index >= 15 is 0 Å². The first kappa shape index (κ1) is 14.0. The van der Waals surface area contributed by atoms with Gasteiger partial charge in [-0.25, -0.2) is 9.78 Å². The van der Waals surface area contributed by atoms with Crippen molar-refractivity contribution in [2.45, 2.75) is 26.4 Å². The molecular weight excluding hydrogens is 234 g/mol. The van der Waals surface area contributed by atoms with Gasteiger partial charge in [0.15, 0.2) is 5.78 Å². The zero-order chi connectivity index (χ0) is 13.6. The SMILES string of the molecule is CC(C)(C)OC(=O)NCC(=O)/C=C/c1cnc[nH]1. The minimum absolute atomic E-state index is 0.0977. The molecule has 0 atom stereocenters. The van der Waals surface area contributed by atoms with Crippen LogP contribution >= 0.6 is 0 Å². The highest BCUT2D eigenvalue weighted by Crippen LogP contribution is 2.06. The molecule has 6 heteroatoms. The smallest absolute Gasteiger partial charge is 0.408 e. The predicted octanol–water partition coefficient (Wildman–Crippen LogP) is 1.52. The molecule has 0 fully saturated rings. The molecule has 0 aliphatic heterocycles. The van der Waals surface area contributed by atoms with Gasteiger partial charge in [0.05, 0.1) is 24.8 Å². The van der Waals surface area contributed by atoms with Crippen LogP contribution in [-0.2, 0) is 9.53 Å². The standard InChI is InChI=1S/C12H17N3O3/c1-12(2,3)18-11(17)14-7-10(16)5-4-9-6-13-8-15-9/h4-6,8H,7H2,1-3H3,(H,13,15)(H,14,17)/b5-4+. The molecule has 0 bridgehead atoms. The van der Waals surface area contributed by atoms with Gasteiger partial charge in [-0.2, -0.15) is 0 Å². The number of carbonyl (C=O) groups excluding carboxylic acids is 2. The molecule has 98 valence electrons. The predicted molar refractivity (Wildman–Crippen MR) is 66.9 cm³/mol. The number of rotatable bonds is 4. The van der Waals surface area contributed by atoms with Gasteiger partial charge in [0, 0.05) is 0 Å². The third-order valence-electron chi connectivity index (χ3n) is 1.77. The fraction of sp³-hybridized carbons (Fsp3) is 0.417. The Morgan fingerprint density at radius 3 is 2.78 bits per heavy atom. The maximum absolute atomic E-state index is 11.4. The summed E-state index contributed by atoms with van der Waals surface area (Å²) in [6.45, 7) is 5.17. The van der Waals surface area contributed by atoms with Gasteiger partial charge in [0.2, 0.25) is 0 Å². The number of amides is 1. The number of nitrogens with one attached hydrogen (secondary N) is 2. The molecule has 6 nitrogen and oxygen atoms in total. The Morgan fingerprint density at radius 2 is 2.22 bits per heavy atom. The maximum Gasteiger partial charge on any atom is 0.408 e. The molecule has 0 spiro atoms. The van der Waals surface area contributed by atoms with E-state index in [2.05, 4.69) is 15.3 Å². The van der Waals surface area contributed by atoms with Crippen LogP contribution in [0.4, 0.5) is 4.79 Å². The number of aromatic amines is 1. The van der Waals surface area contributed by atoms with Crippen LogP contribution < -0.4 is 5.32 Å². The van der Waals surface area contributed by atoms with E-state index in [-0.39, 0.29) is 12.3 Å². The molecule has 1 aromatic heterocycles. The average molecular weight is 251 g/mol. The lowest BCUT2D eigenvalue weighted by molar-refractivity contribution is -0.113. The first-order valence-corrected chi connectivity index (χ1v) is 5.53. The van der Waals surface area contributed by atoms with Crippen LogP contribution in [0.5, 0.6) is 0 Å². The number of aromatic nitrogens is 2. The Labute approximate surface area is 105 Å². The first-order chi connectivity index (χ1) is 8.37. The van der Waals surface area contributed by atoms with Crippen molar-refractivity contribution < 1.29 is 14.3 Å². The summed E-state index contributed by atoms with van der Waals surface area (Å²) in [5.41, 5.74) is 0.152. The number of hydrogen-bond donors (Lipinski definition) is 2. The number of ketones is 1. The fourth-order valence-corrected chi connectivity index (χ4v) is 1.07. The van der Waals surface area contributed by atoms with Crippen LogP contribution in [0.15, 0.2) is 18.6 Å². The molecule has 0 unspecified atom stereocenters. The Kier molecular flexibility index (Phi) is 4.65. The summed E-state index contributed by atoms with van der Waals surface area (Å²) >= 11 is 0. The number of ether oxygens (including phenoxy) is 1. The van der Waals surface area contributed by atoms with E-state index in [0.29, 0.717) is 0 Å². The van der Waals surface area contributed by atoms with Crippen molar-refractivity contribution >= 4 is 18.0 Å². The topological polar surface area (TPSA) is 84.1 Å². The van der Waals surface area contributed by atoms with E-state index in [1.165, 1.54) is 12.4 Å². The van der Waals surface area contributed by atoms with Crippen molar-refractivity contribution in [2.75, 3.05) is 6.54 Å². The summed E-state index contributed by atoms with van der Waals surface area (Å²) in [6, 6.07) is 0. The summed E-state index contributed by atoms with van der Waals surface area (Å²) in [6.07, 6.45) is 5.45. The maximum atomic E-state index is 11.4. The lowest BCUT2D eigenvalue weighted by Crippen LogP contribution is -2.35. The Morgan fingerprint density at radius 1 is 1.50 bits per heavy atom. The molecule has 1 amide bonds. The zero-order valence-corrected chi connectivity index (χ0v) is 10.7. The summed E-state index contributed by atoms with van der Waals surface area (Å²) in [5.74, 6) is -0.226. The summed E-state index contributed by atoms with van der Waals surface area (Å²) < 4.78 is 5.00. The van der Waals surface area contributed by atoms with Gasteiger partial charge in [-0.3, -0.25) is 4.79 Å². The van der Waals surface area contributed by atoms with Gasteiger partial charge in [-0.15, -0.1) is 0 Å². The number of H-pyrrole nitrogens is 1. The van der Waals surface area contributed by atoms with Gasteiger partial charge >= 0.3 is 6.09 Å². The molecule has 2 N–H and O–H groups in total. The van der Waals surface area contributed by atoms with Crippen LogP contribution in [0.1, 0.15) is 26.5 Å². The van der Waals surface area contributed by atoms with Crippen LogP contribution in [0.3, 0.4) is 0 Å². The second-order valence-electron chi connectivity index (χ2n) is 4.66. The largest absolute Gasteiger partial charge is 0.444 e.